The number of rotatable bonds is 4. The van der Waals surface area contributed by atoms with Gasteiger partial charge >= 0.3 is 5.97 Å². The third-order valence-electron chi connectivity index (χ3n) is 3.30. The summed E-state index contributed by atoms with van der Waals surface area (Å²) >= 11 is 0. The Morgan fingerprint density at radius 3 is 3.16 bits per heavy atom. The van der Waals surface area contributed by atoms with Crippen LogP contribution in [0, 0.1) is 0 Å². The van der Waals surface area contributed by atoms with Gasteiger partial charge < -0.3 is 9.84 Å². The summed E-state index contributed by atoms with van der Waals surface area (Å²) in [6, 6.07) is 5.14. The molecule has 0 aliphatic carbocycles. The van der Waals surface area contributed by atoms with Crippen molar-refractivity contribution >= 4 is 5.97 Å². The molecule has 1 aromatic rings. The molecule has 0 bridgehead atoms. The minimum absolute atomic E-state index is 0.107. The first-order chi connectivity index (χ1) is 9.19. The molecule has 1 aliphatic rings. The van der Waals surface area contributed by atoms with E-state index >= 15 is 0 Å². The van der Waals surface area contributed by atoms with E-state index < -0.39 is 5.97 Å². The molecule has 2 heterocycles. The zero-order valence-corrected chi connectivity index (χ0v) is 11.2. The van der Waals surface area contributed by atoms with Gasteiger partial charge in [0.25, 0.3) is 0 Å². The van der Waals surface area contributed by atoms with Gasteiger partial charge in [0, 0.05) is 26.2 Å². The van der Waals surface area contributed by atoms with Crippen LogP contribution in [0.5, 0.6) is 0 Å². The van der Waals surface area contributed by atoms with E-state index in [1.807, 2.05) is 6.07 Å². The van der Waals surface area contributed by atoms with Crippen LogP contribution < -0.4 is 0 Å². The quantitative estimate of drug-likeness (QED) is 0.898. The summed E-state index contributed by atoms with van der Waals surface area (Å²) in [5.74, 6) is -0.979. The normalized spacial score (nSPS) is 21.0. The number of hydrogen-bond acceptors (Lipinski definition) is 4. The molecule has 1 saturated heterocycles. The van der Waals surface area contributed by atoms with E-state index in [9.17, 15) is 4.79 Å². The number of hydrogen-bond donors (Lipinski definition) is 1. The Labute approximate surface area is 113 Å². The van der Waals surface area contributed by atoms with Crippen molar-refractivity contribution in [2.45, 2.75) is 32.4 Å². The maximum atomic E-state index is 10.9. The van der Waals surface area contributed by atoms with E-state index in [1.165, 1.54) is 6.07 Å². The Balaban J connectivity index is 2.02. The summed E-state index contributed by atoms with van der Waals surface area (Å²) in [7, 11) is 0. The molecule has 0 spiro atoms. The van der Waals surface area contributed by atoms with Gasteiger partial charge in [0.1, 0.15) is 5.69 Å². The second-order valence-corrected chi connectivity index (χ2v) is 4.81. The molecule has 19 heavy (non-hydrogen) atoms. The lowest BCUT2D eigenvalue weighted by Crippen LogP contribution is -2.31. The van der Waals surface area contributed by atoms with Crippen LogP contribution in [0.4, 0.5) is 0 Å². The van der Waals surface area contributed by atoms with Crippen LogP contribution in [0.3, 0.4) is 0 Å². The minimum Gasteiger partial charge on any atom is -0.477 e. The van der Waals surface area contributed by atoms with Crippen LogP contribution in [-0.4, -0.2) is 46.8 Å². The predicted molar refractivity (Wildman–Crippen MR) is 71.1 cm³/mol. The summed E-state index contributed by atoms with van der Waals surface area (Å²) in [6.07, 6.45) is 2.28. The van der Waals surface area contributed by atoms with Gasteiger partial charge in [-0.1, -0.05) is 13.0 Å². The van der Waals surface area contributed by atoms with Gasteiger partial charge in [-0.25, -0.2) is 9.78 Å². The van der Waals surface area contributed by atoms with Crippen LogP contribution in [-0.2, 0) is 11.3 Å². The molecule has 1 aliphatic heterocycles. The average molecular weight is 264 g/mol. The maximum Gasteiger partial charge on any atom is 0.354 e. The lowest BCUT2D eigenvalue weighted by atomic mass is 10.2. The van der Waals surface area contributed by atoms with E-state index in [1.54, 1.807) is 6.07 Å². The van der Waals surface area contributed by atoms with E-state index in [2.05, 4.69) is 16.8 Å². The number of carbonyl (C=O) groups is 1. The number of aromatic nitrogens is 1. The molecule has 0 saturated carbocycles. The van der Waals surface area contributed by atoms with E-state index in [0.717, 1.165) is 38.2 Å². The van der Waals surface area contributed by atoms with Crippen molar-refractivity contribution in [3.05, 3.63) is 29.6 Å². The number of nitrogens with zero attached hydrogens (tertiary/aromatic N) is 2. The third-order valence-corrected chi connectivity index (χ3v) is 3.30. The van der Waals surface area contributed by atoms with Gasteiger partial charge in [0.2, 0.25) is 0 Å². The van der Waals surface area contributed by atoms with Crippen molar-refractivity contribution < 1.29 is 14.6 Å². The number of carboxylic acids is 1. The third kappa shape index (κ3) is 4.01. The summed E-state index contributed by atoms with van der Waals surface area (Å²) in [6.45, 7) is 5.46. The molecular formula is C14H20N2O3. The average Bonchev–Trinajstić information content (AvgIpc) is 2.64. The smallest absolute Gasteiger partial charge is 0.354 e. The zero-order chi connectivity index (χ0) is 13.7. The van der Waals surface area contributed by atoms with Crippen LogP contribution >= 0.6 is 0 Å². The summed E-state index contributed by atoms with van der Waals surface area (Å²) in [5.41, 5.74) is 0.910. The first-order valence-electron chi connectivity index (χ1n) is 6.72. The SMILES string of the molecule is CCC1CN(Cc2cccc(C(=O)O)n2)CCCO1. The number of ether oxygens (including phenoxy) is 1. The summed E-state index contributed by atoms with van der Waals surface area (Å²) < 4.78 is 5.73. The minimum atomic E-state index is -0.979. The molecule has 1 fully saturated rings. The summed E-state index contributed by atoms with van der Waals surface area (Å²) in [4.78, 5) is 17.4. The molecule has 0 aromatic carbocycles. The molecule has 1 aromatic heterocycles. The largest absolute Gasteiger partial charge is 0.477 e. The zero-order valence-electron chi connectivity index (χ0n) is 11.2. The highest BCUT2D eigenvalue weighted by Crippen LogP contribution is 2.12. The Morgan fingerprint density at radius 1 is 1.58 bits per heavy atom. The van der Waals surface area contributed by atoms with Crippen LogP contribution in [0.15, 0.2) is 18.2 Å². The fourth-order valence-corrected chi connectivity index (χ4v) is 2.28. The van der Waals surface area contributed by atoms with Crippen LogP contribution in [0.1, 0.15) is 35.9 Å². The first-order valence-corrected chi connectivity index (χ1v) is 6.72. The van der Waals surface area contributed by atoms with Gasteiger partial charge in [-0.2, -0.15) is 0 Å². The highest BCUT2D eigenvalue weighted by atomic mass is 16.5. The molecule has 1 N–H and O–H groups in total. The Morgan fingerprint density at radius 2 is 2.42 bits per heavy atom. The molecule has 0 amide bonds. The fourth-order valence-electron chi connectivity index (χ4n) is 2.28. The lowest BCUT2D eigenvalue weighted by Gasteiger charge is -2.22. The van der Waals surface area contributed by atoms with Crippen molar-refractivity contribution in [1.29, 1.82) is 0 Å². The molecule has 2 rings (SSSR count). The molecule has 5 heteroatoms. The molecule has 1 unspecified atom stereocenters. The number of aromatic carboxylic acids is 1. The second-order valence-electron chi connectivity index (χ2n) is 4.81. The van der Waals surface area contributed by atoms with Gasteiger partial charge in [-0.3, -0.25) is 4.90 Å². The standard InChI is InChI=1S/C14H20N2O3/c1-2-12-10-16(7-4-8-19-12)9-11-5-3-6-13(15-11)14(17)18/h3,5-6,12H,2,4,7-10H2,1H3,(H,17,18). The molecule has 1 atom stereocenters. The van der Waals surface area contributed by atoms with Gasteiger partial charge in [-0.05, 0) is 25.0 Å². The highest BCUT2D eigenvalue weighted by molar-refractivity contribution is 5.85. The van der Waals surface area contributed by atoms with Crippen LogP contribution in [0.2, 0.25) is 0 Å². The van der Waals surface area contributed by atoms with Crippen molar-refractivity contribution in [2.75, 3.05) is 19.7 Å². The van der Waals surface area contributed by atoms with Crippen LogP contribution in [0.25, 0.3) is 0 Å². The van der Waals surface area contributed by atoms with Gasteiger partial charge in [-0.15, -0.1) is 0 Å². The van der Waals surface area contributed by atoms with Crippen molar-refractivity contribution in [1.82, 2.24) is 9.88 Å². The molecule has 0 radical (unpaired) electrons. The van der Waals surface area contributed by atoms with Gasteiger partial charge in [0.15, 0.2) is 0 Å². The molecular weight excluding hydrogens is 244 g/mol. The first kappa shape index (κ1) is 14.0. The monoisotopic (exact) mass is 264 g/mol. The lowest BCUT2D eigenvalue weighted by molar-refractivity contribution is 0.0508. The Kier molecular flexibility index (Phi) is 4.87. The highest BCUT2D eigenvalue weighted by Gasteiger charge is 2.18. The fraction of sp³-hybridized carbons (Fsp3) is 0.571. The van der Waals surface area contributed by atoms with E-state index in [-0.39, 0.29) is 11.8 Å². The molecule has 104 valence electrons. The number of carboxylic acid groups (broad SMARTS) is 1. The van der Waals surface area contributed by atoms with Crippen molar-refractivity contribution in [3.8, 4) is 0 Å². The van der Waals surface area contributed by atoms with Gasteiger partial charge in [0.05, 0.1) is 11.8 Å². The summed E-state index contributed by atoms with van der Waals surface area (Å²) in [5, 5.41) is 8.94. The maximum absolute atomic E-state index is 10.9. The Bertz CT molecular complexity index is 436. The number of pyridine rings is 1. The second kappa shape index (κ2) is 6.63. The van der Waals surface area contributed by atoms with E-state index in [0.29, 0.717) is 6.54 Å². The van der Waals surface area contributed by atoms with E-state index in [4.69, 9.17) is 9.84 Å². The predicted octanol–water partition coefficient (Wildman–Crippen LogP) is 1.78. The Hall–Kier alpha value is -1.46. The molecule has 5 nitrogen and oxygen atoms in total. The topological polar surface area (TPSA) is 62.7 Å². The van der Waals surface area contributed by atoms with Crippen molar-refractivity contribution in [2.24, 2.45) is 0 Å². The van der Waals surface area contributed by atoms with Crippen molar-refractivity contribution in [3.63, 3.8) is 0 Å².